The summed E-state index contributed by atoms with van der Waals surface area (Å²) in [6.45, 7) is 2.09. The van der Waals surface area contributed by atoms with E-state index < -0.39 is 0 Å². The van der Waals surface area contributed by atoms with Crippen LogP contribution >= 0.6 is 0 Å². The molecule has 0 amide bonds. The number of hydrogen-bond acceptors (Lipinski definition) is 2. The van der Waals surface area contributed by atoms with Crippen molar-refractivity contribution in [2.45, 2.75) is 19.6 Å². The van der Waals surface area contributed by atoms with Gasteiger partial charge in [0.15, 0.2) is 0 Å². The van der Waals surface area contributed by atoms with Gasteiger partial charge in [-0.25, -0.2) is 4.39 Å². The van der Waals surface area contributed by atoms with Crippen LogP contribution in [0.1, 0.15) is 16.8 Å². The molecule has 0 spiro atoms. The zero-order valence-corrected chi connectivity index (χ0v) is 11.6. The molecule has 2 aromatic heterocycles. The average molecular weight is 282 g/mol. The first-order chi connectivity index (χ1) is 10.3. The van der Waals surface area contributed by atoms with Gasteiger partial charge >= 0.3 is 0 Å². The van der Waals surface area contributed by atoms with Gasteiger partial charge in [-0.15, -0.1) is 0 Å². The maximum Gasteiger partial charge on any atom is 0.123 e. The van der Waals surface area contributed by atoms with Crippen LogP contribution in [-0.4, -0.2) is 16.2 Å². The third kappa shape index (κ3) is 2.21. The Hall–Kier alpha value is -2.20. The standard InChI is InChI=1S/C17H15FN2O/c18-13-3-1-12(2-4-13)10-20-7-5-15-14-6-8-21-11-16(14)19-9-17(15)20/h1-5,7,9H,6,8,10-11H2. The molecule has 1 aliphatic rings. The molecule has 3 nitrogen and oxygen atoms in total. The molecule has 106 valence electrons. The first-order valence-electron chi connectivity index (χ1n) is 7.09. The van der Waals surface area contributed by atoms with E-state index in [1.807, 2.05) is 18.3 Å². The first kappa shape index (κ1) is 12.5. The topological polar surface area (TPSA) is 27.1 Å². The van der Waals surface area contributed by atoms with Gasteiger partial charge < -0.3 is 9.30 Å². The van der Waals surface area contributed by atoms with Gasteiger partial charge in [0, 0.05) is 18.1 Å². The number of hydrogen-bond donors (Lipinski definition) is 0. The average Bonchev–Trinajstić information content (AvgIpc) is 2.93. The molecule has 3 aromatic rings. The zero-order valence-electron chi connectivity index (χ0n) is 11.6. The summed E-state index contributed by atoms with van der Waals surface area (Å²) < 4.78 is 20.6. The Labute approximate surface area is 122 Å². The fraction of sp³-hybridized carbons (Fsp3) is 0.235. The predicted octanol–water partition coefficient (Wildman–Crippen LogP) is 3.30. The van der Waals surface area contributed by atoms with E-state index in [-0.39, 0.29) is 5.82 Å². The van der Waals surface area contributed by atoms with Crippen LogP contribution in [0.3, 0.4) is 0 Å². The molecule has 0 fully saturated rings. The van der Waals surface area contributed by atoms with Crippen molar-refractivity contribution in [2.75, 3.05) is 6.61 Å². The van der Waals surface area contributed by atoms with Gasteiger partial charge in [0.05, 0.1) is 30.6 Å². The molecule has 1 aromatic carbocycles. The number of benzene rings is 1. The molecular formula is C17H15FN2O. The number of halogens is 1. The highest BCUT2D eigenvalue weighted by atomic mass is 19.1. The van der Waals surface area contributed by atoms with Gasteiger partial charge in [-0.1, -0.05) is 12.1 Å². The summed E-state index contributed by atoms with van der Waals surface area (Å²) in [6.07, 6.45) is 4.90. The van der Waals surface area contributed by atoms with E-state index in [1.165, 1.54) is 23.1 Å². The van der Waals surface area contributed by atoms with Crippen molar-refractivity contribution in [3.05, 3.63) is 65.4 Å². The number of fused-ring (bicyclic) bond motifs is 3. The van der Waals surface area contributed by atoms with Gasteiger partial charge in [0.2, 0.25) is 0 Å². The lowest BCUT2D eigenvalue weighted by atomic mass is 10.0. The van der Waals surface area contributed by atoms with Crippen LogP contribution in [0, 0.1) is 5.82 Å². The lowest BCUT2D eigenvalue weighted by Crippen LogP contribution is -2.12. The number of pyridine rings is 1. The highest BCUT2D eigenvalue weighted by molar-refractivity contribution is 5.83. The third-order valence-electron chi connectivity index (χ3n) is 4.02. The Balaban J connectivity index is 1.74. The van der Waals surface area contributed by atoms with E-state index in [0.29, 0.717) is 6.61 Å². The largest absolute Gasteiger partial charge is 0.375 e. The summed E-state index contributed by atoms with van der Waals surface area (Å²) in [6, 6.07) is 8.78. The maximum absolute atomic E-state index is 13.0. The Bertz CT molecular complexity index is 792. The van der Waals surface area contributed by atoms with Crippen LogP contribution in [0.4, 0.5) is 4.39 Å². The molecule has 0 saturated carbocycles. The van der Waals surface area contributed by atoms with Gasteiger partial charge in [-0.3, -0.25) is 4.98 Å². The van der Waals surface area contributed by atoms with Crippen LogP contribution in [0.2, 0.25) is 0 Å². The molecule has 0 bridgehead atoms. The minimum Gasteiger partial charge on any atom is -0.375 e. The molecule has 0 radical (unpaired) electrons. The van der Waals surface area contributed by atoms with E-state index in [0.717, 1.165) is 36.3 Å². The fourth-order valence-electron chi connectivity index (χ4n) is 2.93. The second-order valence-electron chi connectivity index (χ2n) is 5.36. The minimum absolute atomic E-state index is 0.202. The minimum atomic E-state index is -0.202. The van der Waals surface area contributed by atoms with Crippen molar-refractivity contribution in [1.29, 1.82) is 0 Å². The molecule has 0 unspecified atom stereocenters. The Kier molecular flexibility index (Phi) is 2.97. The number of ether oxygens (including phenoxy) is 1. The van der Waals surface area contributed by atoms with Crippen molar-refractivity contribution in [2.24, 2.45) is 0 Å². The van der Waals surface area contributed by atoms with Crippen LogP contribution in [0.15, 0.2) is 42.7 Å². The number of rotatable bonds is 2. The number of nitrogens with zero attached hydrogens (tertiary/aromatic N) is 2. The lowest BCUT2D eigenvalue weighted by Gasteiger charge is -2.16. The molecule has 0 N–H and O–H groups in total. The molecule has 4 heteroatoms. The van der Waals surface area contributed by atoms with E-state index in [1.54, 1.807) is 0 Å². The highest BCUT2D eigenvalue weighted by Crippen LogP contribution is 2.26. The molecule has 0 aliphatic carbocycles. The van der Waals surface area contributed by atoms with Crippen molar-refractivity contribution in [1.82, 2.24) is 9.55 Å². The third-order valence-corrected chi connectivity index (χ3v) is 4.02. The summed E-state index contributed by atoms with van der Waals surface area (Å²) in [5.74, 6) is -0.202. The maximum atomic E-state index is 13.0. The van der Waals surface area contributed by atoms with E-state index in [2.05, 4.69) is 21.8 Å². The van der Waals surface area contributed by atoms with Crippen LogP contribution < -0.4 is 0 Å². The predicted molar refractivity (Wildman–Crippen MR) is 78.6 cm³/mol. The van der Waals surface area contributed by atoms with Crippen LogP contribution in [0.5, 0.6) is 0 Å². The number of aromatic nitrogens is 2. The second kappa shape index (κ2) is 4.97. The summed E-state index contributed by atoms with van der Waals surface area (Å²) in [5.41, 5.74) is 4.56. The van der Waals surface area contributed by atoms with Crippen LogP contribution in [0.25, 0.3) is 10.9 Å². The molecular weight excluding hydrogens is 267 g/mol. The normalized spacial score (nSPS) is 14.3. The van der Waals surface area contributed by atoms with Gasteiger partial charge in [-0.05, 0) is 35.7 Å². The summed E-state index contributed by atoms with van der Waals surface area (Å²) in [5, 5.41) is 1.26. The smallest absolute Gasteiger partial charge is 0.123 e. The molecule has 0 atom stereocenters. The summed E-state index contributed by atoms with van der Waals surface area (Å²) in [7, 11) is 0. The summed E-state index contributed by atoms with van der Waals surface area (Å²) in [4.78, 5) is 4.53. The lowest BCUT2D eigenvalue weighted by molar-refractivity contribution is 0.108. The van der Waals surface area contributed by atoms with Gasteiger partial charge in [0.25, 0.3) is 0 Å². The zero-order chi connectivity index (χ0) is 14.2. The fourth-order valence-corrected chi connectivity index (χ4v) is 2.93. The van der Waals surface area contributed by atoms with Crippen molar-refractivity contribution < 1.29 is 9.13 Å². The van der Waals surface area contributed by atoms with Crippen molar-refractivity contribution >= 4 is 10.9 Å². The van der Waals surface area contributed by atoms with E-state index in [4.69, 9.17) is 4.74 Å². The first-order valence-corrected chi connectivity index (χ1v) is 7.09. The van der Waals surface area contributed by atoms with E-state index in [9.17, 15) is 4.39 Å². The van der Waals surface area contributed by atoms with Crippen LogP contribution in [-0.2, 0) is 24.3 Å². The Morgan fingerprint density at radius 3 is 2.90 bits per heavy atom. The van der Waals surface area contributed by atoms with Crippen molar-refractivity contribution in [3.63, 3.8) is 0 Å². The highest BCUT2D eigenvalue weighted by Gasteiger charge is 2.15. The second-order valence-corrected chi connectivity index (χ2v) is 5.36. The molecule has 4 rings (SSSR count). The quantitative estimate of drug-likeness (QED) is 0.721. The van der Waals surface area contributed by atoms with E-state index >= 15 is 0 Å². The molecule has 1 aliphatic heterocycles. The molecule has 0 saturated heterocycles. The SMILES string of the molecule is Fc1ccc(Cn2ccc3c4c(ncc32)COCC4)cc1. The monoisotopic (exact) mass is 282 g/mol. The Morgan fingerprint density at radius 2 is 2.05 bits per heavy atom. The molecule has 21 heavy (non-hydrogen) atoms. The molecule has 3 heterocycles. The Morgan fingerprint density at radius 1 is 1.19 bits per heavy atom. The van der Waals surface area contributed by atoms with Gasteiger partial charge in [0.1, 0.15) is 5.82 Å². The van der Waals surface area contributed by atoms with Crippen molar-refractivity contribution in [3.8, 4) is 0 Å². The summed E-state index contributed by atoms with van der Waals surface area (Å²) >= 11 is 0. The van der Waals surface area contributed by atoms with Gasteiger partial charge in [-0.2, -0.15) is 0 Å².